The van der Waals surface area contributed by atoms with E-state index in [9.17, 15) is 9.59 Å². The minimum Gasteiger partial charge on any atom is -0.456 e. The molecule has 0 saturated carbocycles. The quantitative estimate of drug-likeness (QED) is 0.0374. The van der Waals surface area contributed by atoms with Crippen molar-refractivity contribution in [3.63, 3.8) is 0 Å². The molecule has 0 radical (unpaired) electrons. The molecule has 0 saturated heterocycles. The second-order valence-corrected chi connectivity index (χ2v) is 15.8. The fraction of sp³-hybridized carbons (Fsp3) is 0.952. The minimum absolute atomic E-state index is 0.0545. The summed E-state index contributed by atoms with van der Waals surface area (Å²) in [7, 11) is 0. The largest absolute Gasteiger partial charge is 0.456 e. The molecule has 0 aromatic heterocycles. The molecule has 0 aromatic rings. The highest BCUT2D eigenvalue weighted by Gasteiger charge is 2.41. The van der Waals surface area contributed by atoms with E-state index in [4.69, 9.17) is 21.1 Å². The molecule has 0 heterocycles. The Morgan fingerprint density at radius 1 is 0.468 bits per heavy atom. The van der Waals surface area contributed by atoms with Gasteiger partial charge in [0.1, 0.15) is 0 Å². The van der Waals surface area contributed by atoms with Gasteiger partial charge in [0.2, 0.25) is 5.06 Å². The number of alkyl halides is 1. The number of ether oxygens (including phenoxy) is 2. The number of halogens is 1. The van der Waals surface area contributed by atoms with Crippen LogP contribution in [0.25, 0.3) is 0 Å². The van der Waals surface area contributed by atoms with Crippen LogP contribution in [0.3, 0.4) is 0 Å². The van der Waals surface area contributed by atoms with E-state index in [1.54, 1.807) is 6.92 Å². The van der Waals surface area contributed by atoms with Gasteiger partial charge in [0, 0.05) is 12.8 Å². The van der Waals surface area contributed by atoms with E-state index in [0.717, 1.165) is 32.1 Å². The van der Waals surface area contributed by atoms with Gasteiger partial charge in [-0.05, 0) is 25.7 Å². The van der Waals surface area contributed by atoms with Gasteiger partial charge in [0.05, 0.1) is 0 Å². The van der Waals surface area contributed by atoms with E-state index in [1.807, 2.05) is 13.8 Å². The van der Waals surface area contributed by atoms with Gasteiger partial charge in [-0.2, -0.15) is 0 Å². The average molecular weight is 686 g/mol. The van der Waals surface area contributed by atoms with Gasteiger partial charge in [-0.1, -0.05) is 219 Å². The molecule has 47 heavy (non-hydrogen) atoms. The normalized spacial score (nSPS) is 13.5. The highest BCUT2D eigenvalue weighted by Crippen LogP contribution is 2.30. The second-order valence-electron chi connectivity index (χ2n) is 15.0. The van der Waals surface area contributed by atoms with Crippen LogP contribution >= 0.6 is 11.6 Å². The monoisotopic (exact) mass is 685 g/mol. The number of rotatable bonds is 36. The Morgan fingerprint density at radius 3 is 1.00 bits per heavy atom. The number of carbonyl (C=O) groups excluding carboxylic acids is 2. The lowest BCUT2D eigenvalue weighted by molar-refractivity contribution is -0.176. The van der Waals surface area contributed by atoms with Crippen molar-refractivity contribution in [1.82, 2.24) is 0 Å². The molecule has 0 amide bonds. The van der Waals surface area contributed by atoms with Crippen molar-refractivity contribution in [2.24, 2.45) is 5.92 Å². The van der Waals surface area contributed by atoms with Crippen molar-refractivity contribution in [3.05, 3.63) is 0 Å². The maximum Gasteiger partial charge on any atom is 0.307 e. The van der Waals surface area contributed by atoms with Crippen molar-refractivity contribution in [3.8, 4) is 0 Å². The summed E-state index contributed by atoms with van der Waals surface area (Å²) in [4.78, 5) is 25.2. The molecule has 280 valence electrons. The van der Waals surface area contributed by atoms with Gasteiger partial charge in [-0.25, -0.2) is 0 Å². The number of hydrogen-bond acceptors (Lipinski definition) is 4. The highest BCUT2D eigenvalue weighted by molar-refractivity contribution is 6.23. The van der Waals surface area contributed by atoms with Crippen molar-refractivity contribution < 1.29 is 19.1 Å². The topological polar surface area (TPSA) is 52.6 Å². The summed E-state index contributed by atoms with van der Waals surface area (Å²) in [6.07, 6.45) is 38.9. The third kappa shape index (κ3) is 31.0. The Labute approximate surface area is 299 Å². The summed E-state index contributed by atoms with van der Waals surface area (Å²) in [5, 5.41) is -1.36. The smallest absolute Gasteiger partial charge is 0.307 e. The van der Waals surface area contributed by atoms with E-state index in [2.05, 4.69) is 13.8 Å². The van der Waals surface area contributed by atoms with Gasteiger partial charge in [-0.3, -0.25) is 9.59 Å². The lowest BCUT2D eigenvalue weighted by Gasteiger charge is -2.33. The molecule has 4 nitrogen and oxygen atoms in total. The van der Waals surface area contributed by atoms with Gasteiger partial charge < -0.3 is 9.47 Å². The molecule has 0 aliphatic heterocycles. The molecule has 2 atom stereocenters. The fourth-order valence-corrected chi connectivity index (χ4v) is 7.03. The summed E-state index contributed by atoms with van der Waals surface area (Å²) >= 11 is 6.68. The Morgan fingerprint density at radius 2 is 0.723 bits per heavy atom. The second kappa shape index (κ2) is 33.7. The van der Waals surface area contributed by atoms with Crippen molar-refractivity contribution in [2.45, 2.75) is 251 Å². The van der Waals surface area contributed by atoms with Gasteiger partial charge in [-0.15, -0.1) is 0 Å². The Kier molecular flexibility index (Phi) is 33.2. The first-order chi connectivity index (χ1) is 22.7. The summed E-state index contributed by atoms with van der Waals surface area (Å²) < 4.78 is 11.4. The number of unbranched alkanes of at least 4 members (excludes halogenated alkanes) is 28. The summed E-state index contributed by atoms with van der Waals surface area (Å²) in [6, 6.07) is 0. The molecular formula is C42H81ClO4. The molecular weight excluding hydrogens is 604 g/mol. The Hall–Kier alpha value is -0.770. The summed E-state index contributed by atoms with van der Waals surface area (Å²) in [5.74, 6) is -0.605. The first kappa shape index (κ1) is 46.2. The minimum atomic E-state index is -1.36. The Balaban J connectivity index is 3.87. The number of carbonyl (C=O) groups is 2. The third-order valence-corrected chi connectivity index (χ3v) is 9.95. The van der Waals surface area contributed by atoms with E-state index < -0.39 is 11.2 Å². The van der Waals surface area contributed by atoms with Crippen molar-refractivity contribution in [1.29, 1.82) is 0 Å². The van der Waals surface area contributed by atoms with Crippen LogP contribution in [0.1, 0.15) is 240 Å². The SMILES string of the molecule is CCCCCCCCCCCCCCCCCC(=O)OC(C(C)C)C(C)(Cl)OC(=O)CCCCCCCCCCCCCCCCC. The molecule has 0 N–H and O–H groups in total. The van der Waals surface area contributed by atoms with E-state index >= 15 is 0 Å². The van der Waals surface area contributed by atoms with Crippen LogP contribution in [0.4, 0.5) is 0 Å². The van der Waals surface area contributed by atoms with Crippen LogP contribution in [0.2, 0.25) is 0 Å². The molecule has 0 aromatic carbocycles. The molecule has 0 bridgehead atoms. The van der Waals surface area contributed by atoms with E-state index in [-0.39, 0.29) is 17.9 Å². The standard InChI is InChI=1S/C42H81ClO4/c1-6-8-10-12-14-16-18-20-22-24-26-28-30-32-34-36-39(44)46-41(38(3)4)42(5,43)47-40(45)37-35-33-31-29-27-25-23-21-19-17-15-13-11-9-7-2/h38,41H,6-37H2,1-5H3. The van der Waals surface area contributed by atoms with Crippen LogP contribution in [0, 0.1) is 5.92 Å². The van der Waals surface area contributed by atoms with Crippen molar-refractivity contribution >= 4 is 23.5 Å². The first-order valence-corrected chi connectivity index (χ1v) is 21.2. The lowest BCUT2D eigenvalue weighted by Crippen LogP contribution is -2.44. The van der Waals surface area contributed by atoms with Gasteiger partial charge in [0.25, 0.3) is 0 Å². The predicted molar refractivity (Wildman–Crippen MR) is 204 cm³/mol. The molecule has 2 unspecified atom stereocenters. The summed E-state index contributed by atoms with van der Waals surface area (Å²) in [5.41, 5.74) is 0. The van der Waals surface area contributed by atoms with E-state index in [1.165, 1.54) is 161 Å². The summed E-state index contributed by atoms with van der Waals surface area (Å²) in [6.45, 7) is 10.1. The zero-order valence-corrected chi connectivity index (χ0v) is 33.0. The molecule has 0 rings (SSSR count). The van der Waals surface area contributed by atoms with Crippen LogP contribution in [0.15, 0.2) is 0 Å². The zero-order chi connectivity index (χ0) is 34.9. The molecule has 0 fully saturated rings. The van der Waals surface area contributed by atoms with Crippen LogP contribution < -0.4 is 0 Å². The van der Waals surface area contributed by atoms with Crippen LogP contribution in [0.5, 0.6) is 0 Å². The third-order valence-electron chi connectivity index (χ3n) is 9.65. The fourth-order valence-electron chi connectivity index (χ4n) is 6.65. The maximum absolute atomic E-state index is 12.6. The van der Waals surface area contributed by atoms with Gasteiger partial charge >= 0.3 is 11.9 Å². The Bertz CT molecular complexity index is 692. The molecule has 5 heteroatoms. The van der Waals surface area contributed by atoms with Crippen molar-refractivity contribution in [2.75, 3.05) is 0 Å². The maximum atomic E-state index is 12.6. The highest BCUT2D eigenvalue weighted by atomic mass is 35.5. The average Bonchev–Trinajstić information content (AvgIpc) is 3.03. The van der Waals surface area contributed by atoms with E-state index in [0.29, 0.717) is 12.8 Å². The predicted octanol–water partition coefficient (Wildman–Crippen LogP) is 14.6. The van der Waals surface area contributed by atoms with Crippen LogP contribution in [-0.2, 0) is 19.1 Å². The van der Waals surface area contributed by atoms with Gasteiger partial charge in [0.15, 0.2) is 6.10 Å². The molecule has 0 spiro atoms. The first-order valence-electron chi connectivity index (χ1n) is 20.8. The van der Waals surface area contributed by atoms with Crippen LogP contribution in [-0.4, -0.2) is 23.1 Å². The zero-order valence-electron chi connectivity index (χ0n) is 32.3. The number of esters is 2. The lowest BCUT2D eigenvalue weighted by atomic mass is 10.0. The molecule has 0 aliphatic carbocycles. The number of hydrogen-bond donors (Lipinski definition) is 0. The molecule has 0 aliphatic rings.